The monoisotopic (exact) mass is 574 g/mol. The number of rotatable bonds is 1. The van der Waals surface area contributed by atoms with E-state index in [9.17, 15) is 0 Å². The molecule has 2 aliphatic carbocycles. The summed E-state index contributed by atoms with van der Waals surface area (Å²) in [7, 11) is 0. The first-order valence-electron chi connectivity index (χ1n) is 15.9. The van der Waals surface area contributed by atoms with Gasteiger partial charge in [0.2, 0.25) is 0 Å². The van der Waals surface area contributed by atoms with E-state index in [1.165, 1.54) is 77.5 Å². The zero-order valence-electron chi connectivity index (χ0n) is 25.3. The molecule has 1 heterocycles. The standard InChI is InChI=1S/C44H30O/c1-43(2)37-20-9-10-21-39(37)45-40-25-23-28(26-38(40)43)30-16-11-17-33-31-14-5-7-18-35(31)44(42(30)33)36-19-8-6-15-32(36)34-24-22-27-12-3-4-13-29(27)41(34)44/h3-26H,1-2H3. The maximum atomic E-state index is 6.48. The van der Waals surface area contributed by atoms with Crippen LogP contribution in [0.15, 0.2) is 146 Å². The van der Waals surface area contributed by atoms with Crippen molar-refractivity contribution in [3.63, 3.8) is 0 Å². The minimum Gasteiger partial charge on any atom is -0.457 e. The van der Waals surface area contributed by atoms with Gasteiger partial charge in [0.25, 0.3) is 0 Å². The summed E-state index contributed by atoms with van der Waals surface area (Å²) in [5, 5.41) is 2.60. The largest absolute Gasteiger partial charge is 0.457 e. The van der Waals surface area contributed by atoms with Crippen LogP contribution in [0.5, 0.6) is 11.5 Å². The average Bonchev–Trinajstić information content (AvgIpc) is 3.56. The number of hydrogen-bond donors (Lipinski definition) is 0. The fourth-order valence-electron chi connectivity index (χ4n) is 8.83. The molecule has 0 saturated carbocycles. The van der Waals surface area contributed by atoms with Crippen LogP contribution in [0.2, 0.25) is 0 Å². The van der Waals surface area contributed by atoms with Crippen molar-refractivity contribution >= 4 is 10.8 Å². The van der Waals surface area contributed by atoms with E-state index in [1.807, 2.05) is 0 Å². The maximum absolute atomic E-state index is 6.48. The van der Waals surface area contributed by atoms with Gasteiger partial charge in [-0.3, -0.25) is 0 Å². The van der Waals surface area contributed by atoms with E-state index in [0.717, 1.165) is 11.5 Å². The maximum Gasteiger partial charge on any atom is 0.131 e. The molecule has 1 heteroatoms. The van der Waals surface area contributed by atoms with Crippen molar-refractivity contribution < 1.29 is 4.74 Å². The minimum atomic E-state index is -0.441. The second-order valence-electron chi connectivity index (χ2n) is 13.2. The molecular formula is C44H30O. The van der Waals surface area contributed by atoms with Crippen LogP contribution in [0.1, 0.15) is 47.2 Å². The average molecular weight is 575 g/mol. The highest BCUT2D eigenvalue weighted by atomic mass is 16.5. The molecule has 1 aliphatic heterocycles. The fraction of sp³-hybridized carbons (Fsp3) is 0.0909. The van der Waals surface area contributed by atoms with Gasteiger partial charge >= 0.3 is 0 Å². The van der Waals surface area contributed by atoms with Crippen molar-refractivity contribution in [3.05, 3.63) is 179 Å². The van der Waals surface area contributed by atoms with Crippen LogP contribution in [0.25, 0.3) is 44.2 Å². The van der Waals surface area contributed by atoms with Crippen LogP contribution in [0.3, 0.4) is 0 Å². The second kappa shape index (κ2) is 8.61. The van der Waals surface area contributed by atoms with Gasteiger partial charge in [0.05, 0.1) is 5.41 Å². The van der Waals surface area contributed by atoms with Gasteiger partial charge in [0.15, 0.2) is 0 Å². The molecule has 0 aromatic heterocycles. The molecule has 7 aromatic rings. The summed E-state index contributed by atoms with van der Waals surface area (Å²) in [6.45, 7) is 4.64. The molecular weight excluding hydrogens is 544 g/mol. The predicted octanol–water partition coefficient (Wildman–Crippen LogP) is 11.3. The second-order valence-corrected chi connectivity index (χ2v) is 13.2. The fourth-order valence-corrected chi connectivity index (χ4v) is 8.83. The highest BCUT2D eigenvalue weighted by Crippen LogP contribution is 2.65. The number of fused-ring (bicyclic) bond motifs is 14. The van der Waals surface area contributed by atoms with Crippen molar-refractivity contribution in [1.29, 1.82) is 0 Å². The highest BCUT2D eigenvalue weighted by Gasteiger charge is 2.53. The van der Waals surface area contributed by atoms with Gasteiger partial charge in [-0.2, -0.15) is 0 Å². The summed E-state index contributed by atoms with van der Waals surface area (Å²) in [5.74, 6) is 1.89. The Balaban J connectivity index is 1.32. The number of ether oxygens (including phenoxy) is 1. The number of hydrogen-bond acceptors (Lipinski definition) is 1. The van der Waals surface area contributed by atoms with Gasteiger partial charge in [-0.05, 0) is 84.6 Å². The van der Waals surface area contributed by atoms with Gasteiger partial charge in [-0.15, -0.1) is 0 Å². The first-order chi connectivity index (χ1) is 22.1. The first-order valence-corrected chi connectivity index (χ1v) is 15.9. The van der Waals surface area contributed by atoms with Gasteiger partial charge in [0, 0.05) is 16.5 Å². The molecule has 45 heavy (non-hydrogen) atoms. The summed E-state index contributed by atoms with van der Waals surface area (Å²) in [6.07, 6.45) is 0. The van der Waals surface area contributed by atoms with E-state index in [0.29, 0.717) is 0 Å². The van der Waals surface area contributed by atoms with E-state index in [2.05, 4.69) is 159 Å². The number of benzene rings is 7. The smallest absolute Gasteiger partial charge is 0.131 e. The summed E-state index contributed by atoms with van der Waals surface area (Å²) in [5.41, 5.74) is 15.1. The quantitative estimate of drug-likeness (QED) is 0.189. The van der Waals surface area contributed by atoms with Crippen molar-refractivity contribution in [2.24, 2.45) is 0 Å². The molecule has 0 bridgehead atoms. The lowest BCUT2D eigenvalue weighted by molar-refractivity contribution is 0.418. The van der Waals surface area contributed by atoms with Crippen LogP contribution >= 0.6 is 0 Å². The molecule has 0 fully saturated rings. The van der Waals surface area contributed by atoms with Crippen LogP contribution in [0, 0.1) is 0 Å². The Labute approximate surface area is 263 Å². The Morgan fingerprint density at radius 1 is 0.422 bits per heavy atom. The topological polar surface area (TPSA) is 9.23 Å². The minimum absolute atomic E-state index is 0.193. The Hall–Kier alpha value is -5.40. The summed E-state index contributed by atoms with van der Waals surface area (Å²) in [4.78, 5) is 0. The molecule has 1 nitrogen and oxygen atoms in total. The molecule has 0 N–H and O–H groups in total. The van der Waals surface area contributed by atoms with Gasteiger partial charge in [-0.1, -0.05) is 141 Å². The van der Waals surface area contributed by atoms with E-state index in [-0.39, 0.29) is 5.41 Å². The zero-order valence-corrected chi connectivity index (χ0v) is 25.3. The molecule has 212 valence electrons. The summed E-state index contributed by atoms with van der Waals surface area (Å²) in [6, 6.07) is 54.0. The van der Waals surface area contributed by atoms with Gasteiger partial charge in [-0.25, -0.2) is 0 Å². The normalized spacial score (nSPS) is 17.6. The van der Waals surface area contributed by atoms with Crippen LogP contribution in [0.4, 0.5) is 0 Å². The zero-order chi connectivity index (χ0) is 29.9. The predicted molar refractivity (Wildman–Crippen MR) is 184 cm³/mol. The number of para-hydroxylation sites is 1. The van der Waals surface area contributed by atoms with Crippen LogP contribution in [-0.4, -0.2) is 0 Å². The van der Waals surface area contributed by atoms with Crippen LogP contribution in [-0.2, 0) is 10.8 Å². The van der Waals surface area contributed by atoms with E-state index < -0.39 is 5.41 Å². The third-order valence-electron chi connectivity index (χ3n) is 10.7. The van der Waals surface area contributed by atoms with Crippen molar-refractivity contribution in [3.8, 4) is 44.9 Å². The highest BCUT2D eigenvalue weighted by molar-refractivity contribution is 6.05. The molecule has 1 spiro atoms. The summed E-state index contributed by atoms with van der Waals surface area (Å²) >= 11 is 0. The Morgan fingerprint density at radius 2 is 1.02 bits per heavy atom. The third kappa shape index (κ3) is 3.03. The first kappa shape index (κ1) is 25.0. The lowest BCUT2D eigenvalue weighted by atomic mass is 9.67. The van der Waals surface area contributed by atoms with Crippen molar-refractivity contribution in [2.75, 3.05) is 0 Å². The van der Waals surface area contributed by atoms with E-state index in [4.69, 9.17) is 4.74 Å². The third-order valence-corrected chi connectivity index (χ3v) is 10.7. The Bertz CT molecular complexity index is 2380. The Morgan fingerprint density at radius 3 is 1.82 bits per heavy atom. The lowest BCUT2D eigenvalue weighted by Crippen LogP contribution is -2.27. The van der Waals surface area contributed by atoms with Crippen LogP contribution < -0.4 is 4.74 Å². The molecule has 0 saturated heterocycles. The molecule has 1 atom stereocenters. The van der Waals surface area contributed by atoms with Crippen molar-refractivity contribution in [1.82, 2.24) is 0 Å². The van der Waals surface area contributed by atoms with E-state index >= 15 is 0 Å². The Kier molecular flexibility index (Phi) is 4.78. The van der Waals surface area contributed by atoms with Crippen molar-refractivity contribution in [2.45, 2.75) is 24.7 Å². The lowest BCUT2D eigenvalue weighted by Gasteiger charge is -2.35. The summed E-state index contributed by atoms with van der Waals surface area (Å²) < 4.78 is 6.48. The molecule has 0 radical (unpaired) electrons. The molecule has 7 aromatic carbocycles. The SMILES string of the molecule is CC1(C)c2ccccc2Oc2ccc(-c3cccc4c3C3(c5ccccc5-4)c4ccccc4-c4ccc5ccccc5c43)cc21. The van der Waals surface area contributed by atoms with Gasteiger partial charge in [0.1, 0.15) is 11.5 Å². The molecule has 0 amide bonds. The van der Waals surface area contributed by atoms with Gasteiger partial charge < -0.3 is 4.74 Å². The molecule has 3 aliphatic rings. The van der Waals surface area contributed by atoms with E-state index in [1.54, 1.807) is 0 Å². The molecule has 10 rings (SSSR count). The molecule has 1 unspecified atom stereocenters.